The van der Waals surface area contributed by atoms with Gasteiger partial charge in [0.25, 0.3) is 0 Å². The molecule has 0 aliphatic carbocycles. The van der Waals surface area contributed by atoms with E-state index in [0.717, 1.165) is 0 Å². The summed E-state index contributed by atoms with van der Waals surface area (Å²) >= 11 is 0. The number of halogens is 3. The Hall–Kier alpha value is -1.80. The summed E-state index contributed by atoms with van der Waals surface area (Å²) in [6.45, 7) is 2.40. The number of alkyl halides is 3. The number of carboxylic acid groups (broad SMARTS) is 1. The molecular formula is C11H17F3N2O4. The molecule has 9 heteroatoms. The monoisotopic (exact) mass is 298 g/mol. The Bertz CT molecular complexity index is 380. The van der Waals surface area contributed by atoms with Gasteiger partial charge in [-0.25, -0.2) is 4.79 Å². The Morgan fingerprint density at radius 3 is 2.15 bits per heavy atom. The SMILES string of the molecule is CC(C)(CC(=O)NC(=O)NCCCC(F)(F)F)C(=O)O. The van der Waals surface area contributed by atoms with Crippen LogP contribution in [0.4, 0.5) is 18.0 Å². The molecule has 0 aliphatic rings. The second kappa shape index (κ2) is 7.11. The van der Waals surface area contributed by atoms with Gasteiger partial charge in [0, 0.05) is 19.4 Å². The molecule has 0 aromatic rings. The molecule has 0 unspecified atom stereocenters. The fraction of sp³-hybridized carbons (Fsp3) is 0.727. The Balaban J connectivity index is 3.98. The highest BCUT2D eigenvalue weighted by Crippen LogP contribution is 2.21. The van der Waals surface area contributed by atoms with E-state index in [9.17, 15) is 27.6 Å². The van der Waals surface area contributed by atoms with Crippen molar-refractivity contribution >= 4 is 17.9 Å². The number of carbonyl (C=O) groups is 3. The van der Waals surface area contributed by atoms with Crippen molar-refractivity contribution in [1.82, 2.24) is 10.6 Å². The molecule has 0 fully saturated rings. The molecule has 0 bridgehead atoms. The Morgan fingerprint density at radius 2 is 1.70 bits per heavy atom. The molecule has 0 spiro atoms. The van der Waals surface area contributed by atoms with E-state index in [-0.39, 0.29) is 13.0 Å². The third-order valence-electron chi connectivity index (χ3n) is 2.36. The number of carbonyl (C=O) groups excluding carboxylic acids is 2. The first-order valence-electron chi connectivity index (χ1n) is 5.82. The third-order valence-corrected chi connectivity index (χ3v) is 2.36. The average Bonchev–Trinajstić information content (AvgIpc) is 2.21. The van der Waals surface area contributed by atoms with Crippen molar-refractivity contribution in [2.24, 2.45) is 5.41 Å². The zero-order valence-corrected chi connectivity index (χ0v) is 11.1. The summed E-state index contributed by atoms with van der Waals surface area (Å²) < 4.78 is 35.4. The molecule has 116 valence electrons. The van der Waals surface area contributed by atoms with Gasteiger partial charge >= 0.3 is 18.2 Å². The summed E-state index contributed by atoms with van der Waals surface area (Å²) in [5, 5.41) is 12.7. The minimum Gasteiger partial charge on any atom is -0.481 e. The van der Waals surface area contributed by atoms with Gasteiger partial charge in [0.05, 0.1) is 5.41 Å². The summed E-state index contributed by atoms with van der Waals surface area (Å²) in [6, 6.07) is -0.946. The highest BCUT2D eigenvalue weighted by Gasteiger charge is 2.30. The van der Waals surface area contributed by atoms with Crippen molar-refractivity contribution in [2.45, 2.75) is 39.3 Å². The maximum atomic E-state index is 11.8. The number of hydrogen-bond donors (Lipinski definition) is 3. The topological polar surface area (TPSA) is 95.5 Å². The zero-order valence-electron chi connectivity index (χ0n) is 11.1. The first-order chi connectivity index (χ1) is 8.94. The van der Waals surface area contributed by atoms with E-state index in [2.05, 4.69) is 5.32 Å². The van der Waals surface area contributed by atoms with Crippen molar-refractivity contribution in [3.63, 3.8) is 0 Å². The predicted molar refractivity (Wildman–Crippen MR) is 62.9 cm³/mol. The number of aliphatic carboxylic acids is 1. The van der Waals surface area contributed by atoms with Gasteiger partial charge in [-0.2, -0.15) is 13.2 Å². The van der Waals surface area contributed by atoms with E-state index in [0.29, 0.717) is 0 Å². The second-order valence-electron chi connectivity index (χ2n) is 4.89. The molecular weight excluding hydrogens is 281 g/mol. The lowest BCUT2D eigenvalue weighted by molar-refractivity contribution is -0.149. The number of rotatable bonds is 6. The lowest BCUT2D eigenvalue weighted by Gasteiger charge is -2.17. The van der Waals surface area contributed by atoms with Crippen LogP contribution in [0.25, 0.3) is 0 Å². The van der Waals surface area contributed by atoms with Crippen LogP contribution in [0.5, 0.6) is 0 Å². The van der Waals surface area contributed by atoms with Crippen LogP contribution in [0.3, 0.4) is 0 Å². The number of carboxylic acids is 1. The third kappa shape index (κ3) is 8.33. The molecule has 0 aromatic heterocycles. The maximum Gasteiger partial charge on any atom is 0.389 e. The van der Waals surface area contributed by atoms with E-state index in [1.165, 1.54) is 13.8 Å². The molecule has 0 heterocycles. The lowest BCUT2D eigenvalue weighted by Crippen LogP contribution is -2.42. The summed E-state index contributed by atoms with van der Waals surface area (Å²) in [4.78, 5) is 33.3. The van der Waals surface area contributed by atoms with Gasteiger partial charge < -0.3 is 10.4 Å². The number of nitrogens with one attached hydrogen (secondary N) is 2. The molecule has 0 aliphatic heterocycles. The van der Waals surface area contributed by atoms with E-state index < -0.39 is 42.3 Å². The summed E-state index contributed by atoms with van der Waals surface area (Å²) in [6.07, 6.45) is -6.04. The molecule has 0 saturated carbocycles. The normalized spacial score (nSPS) is 11.8. The minimum atomic E-state index is -4.29. The van der Waals surface area contributed by atoms with Gasteiger partial charge in [0.15, 0.2) is 0 Å². The number of urea groups is 1. The molecule has 0 saturated heterocycles. The van der Waals surface area contributed by atoms with Crippen molar-refractivity contribution < 1.29 is 32.7 Å². The highest BCUT2D eigenvalue weighted by atomic mass is 19.4. The first kappa shape index (κ1) is 18.2. The molecule has 0 atom stereocenters. The molecule has 3 amide bonds. The van der Waals surface area contributed by atoms with Gasteiger partial charge in [-0.1, -0.05) is 0 Å². The van der Waals surface area contributed by atoms with Crippen molar-refractivity contribution in [2.75, 3.05) is 6.54 Å². The van der Waals surface area contributed by atoms with E-state index >= 15 is 0 Å². The quantitative estimate of drug-likeness (QED) is 0.650. The average molecular weight is 298 g/mol. The second-order valence-corrected chi connectivity index (χ2v) is 4.89. The van der Waals surface area contributed by atoms with Gasteiger partial charge in [0.2, 0.25) is 5.91 Å². The predicted octanol–water partition coefficient (Wildman–Crippen LogP) is 1.66. The van der Waals surface area contributed by atoms with Crippen LogP contribution in [0.15, 0.2) is 0 Å². The molecule has 3 N–H and O–H groups in total. The lowest BCUT2D eigenvalue weighted by atomic mass is 9.89. The number of hydrogen-bond acceptors (Lipinski definition) is 3. The maximum absolute atomic E-state index is 11.8. The van der Waals surface area contributed by atoms with Crippen molar-refractivity contribution in [3.8, 4) is 0 Å². The molecule has 20 heavy (non-hydrogen) atoms. The Labute approximate surface area is 113 Å². The smallest absolute Gasteiger partial charge is 0.389 e. The van der Waals surface area contributed by atoms with E-state index in [4.69, 9.17) is 5.11 Å². The first-order valence-corrected chi connectivity index (χ1v) is 5.82. The fourth-order valence-electron chi connectivity index (χ4n) is 1.18. The largest absolute Gasteiger partial charge is 0.481 e. The fourth-order valence-corrected chi connectivity index (χ4v) is 1.18. The van der Waals surface area contributed by atoms with Crippen LogP contribution in [-0.2, 0) is 9.59 Å². The zero-order chi connectivity index (χ0) is 16.0. The Kier molecular flexibility index (Phi) is 6.47. The van der Waals surface area contributed by atoms with E-state index in [1.807, 2.05) is 5.32 Å². The van der Waals surface area contributed by atoms with Crippen LogP contribution in [-0.4, -0.2) is 35.7 Å². The molecule has 0 radical (unpaired) electrons. The van der Waals surface area contributed by atoms with Gasteiger partial charge in [-0.3, -0.25) is 14.9 Å². The van der Waals surface area contributed by atoms with Gasteiger partial charge in [0.1, 0.15) is 0 Å². The Morgan fingerprint density at radius 1 is 1.15 bits per heavy atom. The summed E-state index contributed by atoms with van der Waals surface area (Å²) in [7, 11) is 0. The van der Waals surface area contributed by atoms with Crippen LogP contribution in [0.1, 0.15) is 33.1 Å². The molecule has 0 rings (SSSR count). The van der Waals surface area contributed by atoms with Crippen LogP contribution in [0, 0.1) is 5.41 Å². The molecule has 6 nitrogen and oxygen atoms in total. The van der Waals surface area contributed by atoms with Crippen molar-refractivity contribution in [3.05, 3.63) is 0 Å². The van der Waals surface area contributed by atoms with Crippen LogP contribution < -0.4 is 10.6 Å². The highest BCUT2D eigenvalue weighted by molar-refractivity contribution is 5.96. The van der Waals surface area contributed by atoms with Gasteiger partial charge in [-0.15, -0.1) is 0 Å². The van der Waals surface area contributed by atoms with E-state index in [1.54, 1.807) is 0 Å². The standard InChI is InChI=1S/C11H17F3N2O4/c1-10(2,8(18)19)6-7(17)16-9(20)15-5-3-4-11(12,13)14/h3-6H2,1-2H3,(H,18,19)(H2,15,16,17,20). The number of imide groups is 1. The number of amides is 3. The minimum absolute atomic E-state index is 0.235. The van der Waals surface area contributed by atoms with Gasteiger partial charge in [-0.05, 0) is 20.3 Å². The summed E-state index contributed by atoms with van der Waals surface area (Å²) in [5.41, 5.74) is -1.33. The van der Waals surface area contributed by atoms with Crippen LogP contribution >= 0.6 is 0 Å². The summed E-state index contributed by atoms with van der Waals surface area (Å²) in [5.74, 6) is -2.01. The van der Waals surface area contributed by atoms with Crippen LogP contribution in [0.2, 0.25) is 0 Å². The molecule has 0 aromatic carbocycles. The van der Waals surface area contributed by atoms with Crippen molar-refractivity contribution in [1.29, 1.82) is 0 Å².